The maximum Gasteiger partial charge on any atom is 0.197 e. The molecule has 0 N–H and O–H groups in total. The Morgan fingerprint density at radius 3 is 2.67 bits per heavy atom. The van der Waals surface area contributed by atoms with Crippen LogP contribution in [0.5, 0.6) is 5.75 Å². The van der Waals surface area contributed by atoms with E-state index in [0.717, 1.165) is 8.45 Å². The second kappa shape index (κ2) is 5.84. The highest BCUT2D eigenvalue weighted by Crippen LogP contribution is 2.25. The molecule has 1 heterocycles. The van der Waals surface area contributed by atoms with Crippen LogP contribution in [0, 0.1) is 2.88 Å². The largest absolute Gasteiger partial charge is 0.490 e. The lowest BCUT2D eigenvalue weighted by atomic mass is 10.1. The van der Waals surface area contributed by atoms with Crippen molar-refractivity contribution in [2.45, 2.75) is 20.0 Å². The van der Waals surface area contributed by atoms with Gasteiger partial charge in [0.2, 0.25) is 0 Å². The van der Waals surface area contributed by atoms with Crippen molar-refractivity contribution in [1.29, 1.82) is 0 Å². The molecule has 0 aliphatic carbocycles. The lowest BCUT2D eigenvalue weighted by Gasteiger charge is -2.12. The van der Waals surface area contributed by atoms with Crippen molar-refractivity contribution < 1.29 is 9.53 Å². The van der Waals surface area contributed by atoms with Crippen LogP contribution in [0.25, 0.3) is 0 Å². The van der Waals surface area contributed by atoms with Crippen LogP contribution in [0.1, 0.15) is 29.8 Å². The molecule has 18 heavy (non-hydrogen) atoms. The minimum Gasteiger partial charge on any atom is -0.490 e. The zero-order valence-corrected chi connectivity index (χ0v) is 13.1. The SMILES string of the molecule is CC(C)Oc1ccccc1C(=O)c1csc(I)c1. The summed E-state index contributed by atoms with van der Waals surface area (Å²) in [5.41, 5.74) is 1.35. The second-order valence-corrected chi connectivity index (χ2v) is 6.94. The van der Waals surface area contributed by atoms with E-state index in [4.69, 9.17) is 4.74 Å². The summed E-state index contributed by atoms with van der Waals surface area (Å²) in [7, 11) is 0. The summed E-state index contributed by atoms with van der Waals surface area (Å²) in [6.45, 7) is 3.91. The normalized spacial score (nSPS) is 10.7. The van der Waals surface area contributed by atoms with E-state index in [-0.39, 0.29) is 11.9 Å². The van der Waals surface area contributed by atoms with Crippen LogP contribution in [0.3, 0.4) is 0 Å². The maximum absolute atomic E-state index is 12.4. The first kappa shape index (κ1) is 13.5. The highest BCUT2D eigenvalue weighted by Gasteiger charge is 2.16. The van der Waals surface area contributed by atoms with E-state index in [9.17, 15) is 4.79 Å². The quantitative estimate of drug-likeness (QED) is 0.589. The summed E-state index contributed by atoms with van der Waals surface area (Å²) < 4.78 is 6.78. The van der Waals surface area contributed by atoms with E-state index < -0.39 is 0 Å². The van der Waals surface area contributed by atoms with Crippen molar-refractivity contribution in [3.8, 4) is 5.75 Å². The third-order valence-corrected chi connectivity index (χ3v) is 4.11. The molecule has 0 unspecified atom stereocenters. The zero-order chi connectivity index (χ0) is 13.1. The van der Waals surface area contributed by atoms with E-state index in [1.54, 1.807) is 11.3 Å². The Morgan fingerprint density at radius 1 is 1.33 bits per heavy atom. The summed E-state index contributed by atoms with van der Waals surface area (Å²) in [5, 5.41) is 1.89. The molecule has 0 aliphatic rings. The third kappa shape index (κ3) is 3.11. The fourth-order valence-electron chi connectivity index (χ4n) is 1.60. The summed E-state index contributed by atoms with van der Waals surface area (Å²) >= 11 is 3.79. The predicted molar refractivity (Wildman–Crippen MR) is 82.7 cm³/mol. The molecular weight excluding hydrogens is 359 g/mol. The molecular formula is C14H13IO2S. The second-order valence-electron chi connectivity index (χ2n) is 4.13. The lowest BCUT2D eigenvalue weighted by molar-refractivity contribution is 0.103. The Bertz CT molecular complexity index is 560. The Morgan fingerprint density at radius 2 is 2.06 bits per heavy atom. The molecule has 1 aromatic carbocycles. The first-order chi connectivity index (χ1) is 8.58. The number of halogens is 1. The van der Waals surface area contributed by atoms with Crippen LogP contribution < -0.4 is 4.74 Å². The number of rotatable bonds is 4. The predicted octanol–water partition coefficient (Wildman–Crippen LogP) is 4.37. The summed E-state index contributed by atoms with van der Waals surface area (Å²) in [4.78, 5) is 12.4. The molecule has 94 valence electrons. The van der Waals surface area contributed by atoms with Gasteiger partial charge in [0.1, 0.15) is 5.75 Å². The molecule has 2 aromatic rings. The zero-order valence-electron chi connectivity index (χ0n) is 10.1. The van der Waals surface area contributed by atoms with E-state index >= 15 is 0 Å². The molecule has 0 spiro atoms. The number of ketones is 1. The van der Waals surface area contributed by atoms with Crippen LogP contribution in [-0.4, -0.2) is 11.9 Å². The van der Waals surface area contributed by atoms with Gasteiger partial charge in [-0.25, -0.2) is 0 Å². The van der Waals surface area contributed by atoms with Crippen LogP contribution >= 0.6 is 33.9 Å². The summed E-state index contributed by atoms with van der Waals surface area (Å²) in [6.07, 6.45) is 0.0570. The fourth-order valence-corrected chi connectivity index (χ4v) is 2.92. The fraction of sp³-hybridized carbons (Fsp3) is 0.214. The van der Waals surface area contributed by atoms with Gasteiger partial charge in [0.15, 0.2) is 5.78 Å². The summed E-state index contributed by atoms with van der Waals surface area (Å²) in [6, 6.07) is 9.29. The molecule has 0 aliphatic heterocycles. The van der Waals surface area contributed by atoms with Crippen LogP contribution in [-0.2, 0) is 0 Å². The molecule has 0 atom stereocenters. The Kier molecular flexibility index (Phi) is 4.40. The van der Waals surface area contributed by atoms with Gasteiger partial charge in [-0.2, -0.15) is 0 Å². The van der Waals surface area contributed by atoms with Gasteiger partial charge in [-0.1, -0.05) is 12.1 Å². The smallest absolute Gasteiger partial charge is 0.197 e. The van der Waals surface area contributed by atoms with Gasteiger partial charge in [0.25, 0.3) is 0 Å². The van der Waals surface area contributed by atoms with Crippen molar-refractivity contribution in [3.63, 3.8) is 0 Å². The van der Waals surface area contributed by atoms with E-state index in [2.05, 4.69) is 22.6 Å². The average Bonchev–Trinajstić information content (AvgIpc) is 2.75. The number of thiophene rings is 1. The standard InChI is InChI=1S/C14H13IO2S/c1-9(2)17-12-6-4-3-5-11(12)14(16)10-7-13(15)18-8-10/h3-9H,1-2H3. The molecule has 0 radical (unpaired) electrons. The first-order valence-electron chi connectivity index (χ1n) is 5.62. The highest BCUT2D eigenvalue weighted by molar-refractivity contribution is 14.1. The minimum absolute atomic E-state index is 0.0189. The Balaban J connectivity index is 2.35. The Hall–Kier alpha value is -0.880. The van der Waals surface area contributed by atoms with Gasteiger partial charge in [0, 0.05) is 10.9 Å². The van der Waals surface area contributed by atoms with Crippen molar-refractivity contribution in [2.75, 3.05) is 0 Å². The van der Waals surface area contributed by atoms with Gasteiger partial charge in [-0.15, -0.1) is 11.3 Å². The summed E-state index contributed by atoms with van der Waals surface area (Å²) in [5.74, 6) is 0.670. The molecule has 2 nitrogen and oxygen atoms in total. The average molecular weight is 372 g/mol. The van der Waals surface area contributed by atoms with E-state index in [1.807, 2.05) is 49.6 Å². The third-order valence-electron chi connectivity index (χ3n) is 2.32. The minimum atomic E-state index is 0.0189. The van der Waals surface area contributed by atoms with Crippen molar-refractivity contribution in [3.05, 3.63) is 49.7 Å². The van der Waals surface area contributed by atoms with Gasteiger partial charge in [0.05, 0.1) is 14.6 Å². The number of carbonyl (C=O) groups excluding carboxylic acids is 1. The van der Waals surface area contributed by atoms with Gasteiger partial charge in [-0.05, 0) is 54.6 Å². The topological polar surface area (TPSA) is 26.3 Å². The van der Waals surface area contributed by atoms with Crippen LogP contribution in [0.2, 0.25) is 0 Å². The van der Waals surface area contributed by atoms with E-state index in [0.29, 0.717) is 11.3 Å². The molecule has 0 amide bonds. The van der Waals surface area contributed by atoms with Crippen molar-refractivity contribution >= 4 is 39.7 Å². The van der Waals surface area contributed by atoms with Gasteiger partial charge >= 0.3 is 0 Å². The van der Waals surface area contributed by atoms with Crippen LogP contribution in [0.15, 0.2) is 35.7 Å². The number of hydrogen-bond donors (Lipinski definition) is 0. The molecule has 0 fully saturated rings. The van der Waals surface area contributed by atoms with Crippen LogP contribution in [0.4, 0.5) is 0 Å². The van der Waals surface area contributed by atoms with E-state index in [1.165, 1.54) is 0 Å². The lowest BCUT2D eigenvalue weighted by Crippen LogP contribution is -2.10. The van der Waals surface area contributed by atoms with Crippen molar-refractivity contribution in [1.82, 2.24) is 0 Å². The molecule has 0 bridgehead atoms. The van der Waals surface area contributed by atoms with Gasteiger partial charge in [-0.3, -0.25) is 4.79 Å². The molecule has 1 aromatic heterocycles. The highest BCUT2D eigenvalue weighted by atomic mass is 127. The number of para-hydroxylation sites is 1. The number of ether oxygens (including phenoxy) is 1. The van der Waals surface area contributed by atoms with Crippen molar-refractivity contribution in [2.24, 2.45) is 0 Å². The van der Waals surface area contributed by atoms with Gasteiger partial charge < -0.3 is 4.74 Å². The number of hydrogen-bond acceptors (Lipinski definition) is 3. The number of benzene rings is 1. The molecule has 2 rings (SSSR count). The maximum atomic E-state index is 12.4. The molecule has 0 saturated carbocycles. The molecule has 0 saturated heterocycles. The Labute approximate surface area is 124 Å². The first-order valence-corrected chi connectivity index (χ1v) is 7.58. The monoisotopic (exact) mass is 372 g/mol. The molecule has 4 heteroatoms. The number of carbonyl (C=O) groups is 1.